The molecule has 0 bridgehead atoms. The molecule has 0 amide bonds. The topological polar surface area (TPSA) is 64.2 Å². The second-order valence-corrected chi connectivity index (χ2v) is 3.67. The molecular weight excluding hydrogens is 186 g/mol. The number of hydrogen-bond acceptors (Lipinski definition) is 4. The SMILES string of the molecule is N#Cc1cc2sc(O)cc2cc1O. The third kappa shape index (κ3) is 1.19. The van der Waals surface area contributed by atoms with Gasteiger partial charge in [0.2, 0.25) is 0 Å². The molecule has 64 valence electrons. The van der Waals surface area contributed by atoms with Crippen LogP contribution in [0.4, 0.5) is 0 Å². The Hall–Kier alpha value is -1.73. The lowest BCUT2D eigenvalue weighted by atomic mass is 10.2. The normalized spacial score (nSPS) is 10.1. The molecule has 0 saturated heterocycles. The van der Waals surface area contributed by atoms with E-state index in [4.69, 9.17) is 10.4 Å². The molecular formula is C9H5NO2S. The van der Waals surface area contributed by atoms with Crippen molar-refractivity contribution in [2.75, 3.05) is 0 Å². The Kier molecular flexibility index (Phi) is 1.61. The highest BCUT2D eigenvalue weighted by molar-refractivity contribution is 7.20. The fourth-order valence-corrected chi connectivity index (χ4v) is 1.97. The van der Waals surface area contributed by atoms with Crippen molar-refractivity contribution in [2.45, 2.75) is 0 Å². The van der Waals surface area contributed by atoms with Gasteiger partial charge >= 0.3 is 0 Å². The summed E-state index contributed by atoms with van der Waals surface area (Å²) < 4.78 is 0.798. The van der Waals surface area contributed by atoms with E-state index >= 15 is 0 Å². The molecule has 1 aromatic heterocycles. The Labute approximate surface area is 78.1 Å². The van der Waals surface area contributed by atoms with Gasteiger partial charge in [-0.15, -0.1) is 0 Å². The predicted octanol–water partition coefficient (Wildman–Crippen LogP) is 2.18. The fraction of sp³-hybridized carbons (Fsp3) is 0. The van der Waals surface area contributed by atoms with Gasteiger partial charge in [0, 0.05) is 10.1 Å². The third-order valence-corrected chi connectivity index (χ3v) is 2.64. The number of benzene rings is 1. The van der Waals surface area contributed by atoms with Crippen LogP contribution in [0.2, 0.25) is 0 Å². The van der Waals surface area contributed by atoms with Crippen LogP contribution < -0.4 is 0 Å². The lowest BCUT2D eigenvalue weighted by Crippen LogP contribution is -1.74. The first-order valence-corrected chi connectivity index (χ1v) is 4.38. The van der Waals surface area contributed by atoms with E-state index in [-0.39, 0.29) is 16.4 Å². The molecule has 0 saturated carbocycles. The van der Waals surface area contributed by atoms with E-state index in [2.05, 4.69) is 0 Å². The summed E-state index contributed by atoms with van der Waals surface area (Å²) >= 11 is 1.18. The summed E-state index contributed by atoms with van der Waals surface area (Å²) in [6, 6.07) is 6.47. The van der Waals surface area contributed by atoms with Crippen molar-refractivity contribution in [2.24, 2.45) is 0 Å². The van der Waals surface area contributed by atoms with Gasteiger partial charge in [-0.3, -0.25) is 0 Å². The molecule has 1 heterocycles. The van der Waals surface area contributed by atoms with E-state index in [1.54, 1.807) is 12.1 Å². The summed E-state index contributed by atoms with van der Waals surface area (Å²) in [6.07, 6.45) is 0. The van der Waals surface area contributed by atoms with Crippen LogP contribution in [-0.2, 0) is 0 Å². The predicted molar refractivity (Wildman–Crippen MR) is 49.9 cm³/mol. The maximum atomic E-state index is 9.32. The van der Waals surface area contributed by atoms with Crippen molar-refractivity contribution in [3.8, 4) is 16.9 Å². The average Bonchev–Trinajstić information content (AvgIpc) is 2.42. The first kappa shape index (κ1) is 7.90. The minimum atomic E-state index is -0.0483. The molecule has 0 aliphatic rings. The number of fused-ring (bicyclic) bond motifs is 1. The maximum Gasteiger partial charge on any atom is 0.172 e. The van der Waals surface area contributed by atoms with Crippen LogP contribution in [0, 0.1) is 11.3 Å². The van der Waals surface area contributed by atoms with E-state index < -0.39 is 0 Å². The number of hydrogen-bond donors (Lipinski definition) is 2. The van der Waals surface area contributed by atoms with Crippen molar-refractivity contribution in [1.82, 2.24) is 0 Å². The zero-order valence-corrected chi connectivity index (χ0v) is 7.30. The van der Waals surface area contributed by atoms with Gasteiger partial charge in [0.05, 0.1) is 5.56 Å². The summed E-state index contributed by atoms with van der Waals surface area (Å²) in [5, 5.41) is 28.0. The molecule has 13 heavy (non-hydrogen) atoms. The van der Waals surface area contributed by atoms with Crippen LogP contribution in [0.5, 0.6) is 10.8 Å². The molecule has 4 heteroatoms. The van der Waals surface area contributed by atoms with Crippen LogP contribution in [0.3, 0.4) is 0 Å². The van der Waals surface area contributed by atoms with Crippen molar-refractivity contribution in [1.29, 1.82) is 5.26 Å². The quantitative estimate of drug-likeness (QED) is 0.670. The third-order valence-electron chi connectivity index (χ3n) is 1.74. The Balaban J connectivity index is 2.82. The number of aromatic hydroxyl groups is 2. The highest BCUT2D eigenvalue weighted by Crippen LogP contribution is 2.34. The Morgan fingerprint density at radius 3 is 2.69 bits per heavy atom. The first-order chi connectivity index (χ1) is 6.20. The van der Waals surface area contributed by atoms with Gasteiger partial charge in [-0.05, 0) is 18.2 Å². The highest BCUT2D eigenvalue weighted by atomic mass is 32.1. The van der Waals surface area contributed by atoms with Crippen LogP contribution >= 0.6 is 11.3 Å². The number of thiophene rings is 1. The smallest absolute Gasteiger partial charge is 0.172 e. The van der Waals surface area contributed by atoms with Crippen molar-refractivity contribution < 1.29 is 10.2 Å². The standard InChI is InChI=1S/C9H5NO2S/c10-4-6-2-8-5(1-7(6)11)3-9(12)13-8/h1-3,11-12H. The van der Waals surface area contributed by atoms with Gasteiger partial charge in [0.1, 0.15) is 11.8 Å². The molecule has 0 unspecified atom stereocenters. The van der Waals surface area contributed by atoms with Crippen LogP contribution in [-0.4, -0.2) is 10.2 Å². The van der Waals surface area contributed by atoms with Crippen molar-refractivity contribution in [3.63, 3.8) is 0 Å². The molecule has 0 fully saturated rings. The first-order valence-electron chi connectivity index (χ1n) is 3.56. The molecule has 2 aromatic rings. The Morgan fingerprint density at radius 1 is 1.23 bits per heavy atom. The van der Waals surface area contributed by atoms with E-state index in [0.717, 1.165) is 10.1 Å². The van der Waals surface area contributed by atoms with Gasteiger partial charge in [0.25, 0.3) is 0 Å². The second-order valence-electron chi connectivity index (χ2n) is 2.60. The molecule has 3 nitrogen and oxygen atoms in total. The largest absolute Gasteiger partial charge is 0.507 e. The van der Waals surface area contributed by atoms with Crippen LogP contribution in [0.25, 0.3) is 10.1 Å². The maximum absolute atomic E-state index is 9.32. The summed E-state index contributed by atoms with van der Waals surface area (Å²) in [4.78, 5) is 0. The lowest BCUT2D eigenvalue weighted by molar-refractivity contribution is 0.474. The Bertz CT molecular complexity index is 510. The second kappa shape index (κ2) is 2.64. The molecule has 2 N–H and O–H groups in total. The number of nitrogens with zero attached hydrogens (tertiary/aromatic N) is 1. The molecule has 2 rings (SSSR count). The molecule has 1 aromatic carbocycles. The Morgan fingerprint density at radius 2 is 2.00 bits per heavy atom. The number of rotatable bonds is 0. The minimum absolute atomic E-state index is 0.0483. The molecule has 0 spiro atoms. The molecule has 0 atom stereocenters. The highest BCUT2D eigenvalue weighted by Gasteiger charge is 2.05. The number of nitriles is 1. The monoisotopic (exact) mass is 191 g/mol. The van der Waals surface area contributed by atoms with Crippen molar-refractivity contribution >= 4 is 21.4 Å². The van der Waals surface area contributed by atoms with E-state index in [9.17, 15) is 5.11 Å². The lowest BCUT2D eigenvalue weighted by Gasteiger charge is -1.94. The van der Waals surface area contributed by atoms with Gasteiger partial charge < -0.3 is 10.2 Å². The van der Waals surface area contributed by atoms with E-state index in [1.165, 1.54) is 17.4 Å². The fourth-order valence-electron chi connectivity index (χ4n) is 1.15. The average molecular weight is 191 g/mol. The molecule has 0 aliphatic heterocycles. The number of phenolic OH excluding ortho intramolecular Hbond substituents is 1. The van der Waals surface area contributed by atoms with Crippen LogP contribution in [0.15, 0.2) is 18.2 Å². The molecule has 0 radical (unpaired) electrons. The van der Waals surface area contributed by atoms with Gasteiger partial charge in [0.15, 0.2) is 5.06 Å². The van der Waals surface area contributed by atoms with E-state index in [0.29, 0.717) is 0 Å². The summed E-state index contributed by atoms with van der Waals surface area (Å²) in [7, 11) is 0. The molecule has 0 aliphatic carbocycles. The van der Waals surface area contributed by atoms with Gasteiger partial charge in [-0.2, -0.15) is 5.26 Å². The zero-order chi connectivity index (χ0) is 9.42. The van der Waals surface area contributed by atoms with Gasteiger partial charge in [-0.25, -0.2) is 0 Å². The zero-order valence-electron chi connectivity index (χ0n) is 6.48. The van der Waals surface area contributed by atoms with Gasteiger partial charge in [-0.1, -0.05) is 11.3 Å². The minimum Gasteiger partial charge on any atom is -0.507 e. The summed E-state index contributed by atoms with van der Waals surface area (Å²) in [5.74, 6) is -0.0483. The number of phenols is 1. The van der Waals surface area contributed by atoms with Crippen molar-refractivity contribution in [3.05, 3.63) is 23.8 Å². The summed E-state index contributed by atoms with van der Waals surface area (Å²) in [6.45, 7) is 0. The van der Waals surface area contributed by atoms with Crippen LogP contribution in [0.1, 0.15) is 5.56 Å². The van der Waals surface area contributed by atoms with E-state index in [1.807, 2.05) is 6.07 Å². The summed E-state index contributed by atoms with van der Waals surface area (Å²) in [5.41, 5.74) is 0.231.